The number of anilines is 1. The summed E-state index contributed by atoms with van der Waals surface area (Å²) in [6, 6.07) is 11.8. The van der Waals surface area contributed by atoms with Crippen molar-refractivity contribution in [1.82, 2.24) is 4.98 Å². The molecule has 0 aliphatic rings. The van der Waals surface area contributed by atoms with Crippen LogP contribution in [-0.4, -0.2) is 31.1 Å². The fourth-order valence-corrected chi connectivity index (χ4v) is 3.38. The van der Waals surface area contributed by atoms with Crippen molar-refractivity contribution in [2.45, 2.75) is 19.3 Å². The molecule has 2 aromatic carbocycles. The second-order valence-electron chi connectivity index (χ2n) is 6.08. The van der Waals surface area contributed by atoms with Crippen molar-refractivity contribution in [3.63, 3.8) is 0 Å². The Morgan fingerprint density at radius 3 is 2.63 bits per heavy atom. The molecule has 3 rings (SSSR count). The lowest BCUT2D eigenvalue weighted by molar-refractivity contribution is -0.139. The van der Waals surface area contributed by atoms with E-state index in [1.807, 2.05) is 43.3 Å². The molecule has 3 aromatic rings. The standard InChI is InChI=1S/C20H20N2O4S/c1-12(13-4-5-15-9-17(25-2)7-6-14(15)8-13)19(24)22-20-21-16(11-27-20)10-18(23)26-3/h4-9,11-12H,10H2,1-3H3,(H,21,22,24)/t12-/m0/s1. The highest BCUT2D eigenvalue weighted by atomic mass is 32.1. The van der Waals surface area contributed by atoms with Crippen LogP contribution in [0.2, 0.25) is 0 Å². The van der Waals surface area contributed by atoms with E-state index in [1.54, 1.807) is 12.5 Å². The molecule has 7 heteroatoms. The Morgan fingerprint density at radius 2 is 1.89 bits per heavy atom. The Bertz CT molecular complexity index is 983. The molecule has 1 aromatic heterocycles. The number of fused-ring (bicyclic) bond motifs is 1. The quantitative estimate of drug-likeness (QED) is 0.655. The molecular formula is C20H20N2O4S. The minimum absolute atomic E-state index is 0.0898. The Labute approximate surface area is 161 Å². The van der Waals surface area contributed by atoms with Crippen molar-refractivity contribution in [3.8, 4) is 5.75 Å². The minimum atomic E-state index is -0.362. The summed E-state index contributed by atoms with van der Waals surface area (Å²) in [4.78, 5) is 28.1. The zero-order chi connectivity index (χ0) is 19.4. The topological polar surface area (TPSA) is 77.5 Å². The van der Waals surface area contributed by atoms with Crippen LogP contribution >= 0.6 is 11.3 Å². The fraction of sp³-hybridized carbons (Fsp3) is 0.250. The fourth-order valence-electron chi connectivity index (χ4n) is 2.67. The SMILES string of the molecule is COC(=O)Cc1csc(NC(=O)[C@@H](C)c2ccc3cc(OC)ccc3c2)n1. The highest BCUT2D eigenvalue weighted by molar-refractivity contribution is 7.13. The third-order valence-electron chi connectivity index (χ3n) is 4.30. The van der Waals surface area contributed by atoms with Gasteiger partial charge in [0, 0.05) is 5.38 Å². The molecule has 0 bridgehead atoms. The molecule has 0 spiro atoms. The number of benzene rings is 2. The van der Waals surface area contributed by atoms with E-state index in [1.165, 1.54) is 18.4 Å². The van der Waals surface area contributed by atoms with Gasteiger partial charge in [0.15, 0.2) is 5.13 Å². The van der Waals surface area contributed by atoms with Crippen LogP contribution in [-0.2, 0) is 20.7 Å². The number of amides is 1. The van der Waals surface area contributed by atoms with Gasteiger partial charge in [-0.05, 0) is 35.4 Å². The van der Waals surface area contributed by atoms with Crippen molar-refractivity contribution >= 4 is 39.1 Å². The maximum Gasteiger partial charge on any atom is 0.311 e. The summed E-state index contributed by atoms with van der Waals surface area (Å²) < 4.78 is 9.86. The van der Waals surface area contributed by atoms with E-state index >= 15 is 0 Å². The van der Waals surface area contributed by atoms with Gasteiger partial charge in [-0.25, -0.2) is 4.98 Å². The molecule has 0 radical (unpaired) electrons. The molecule has 1 atom stereocenters. The van der Waals surface area contributed by atoms with Crippen molar-refractivity contribution in [3.05, 3.63) is 53.0 Å². The summed E-state index contributed by atoms with van der Waals surface area (Å²) in [5.74, 6) is -0.0572. The second kappa shape index (κ2) is 8.18. The summed E-state index contributed by atoms with van der Waals surface area (Å²) in [6.07, 6.45) is 0.0898. The molecule has 1 heterocycles. The van der Waals surface area contributed by atoms with Crippen LogP contribution in [0.3, 0.4) is 0 Å². The molecule has 0 fully saturated rings. The van der Waals surface area contributed by atoms with Crippen LogP contribution in [0.4, 0.5) is 5.13 Å². The van der Waals surface area contributed by atoms with Gasteiger partial charge in [-0.15, -0.1) is 11.3 Å². The van der Waals surface area contributed by atoms with Gasteiger partial charge in [0.1, 0.15) is 5.75 Å². The van der Waals surface area contributed by atoms with E-state index in [9.17, 15) is 9.59 Å². The first-order valence-electron chi connectivity index (χ1n) is 8.40. The number of thiazole rings is 1. The van der Waals surface area contributed by atoms with Gasteiger partial charge in [-0.1, -0.05) is 24.3 Å². The number of hydrogen-bond donors (Lipinski definition) is 1. The number of ether oxygens (including phenoxy) is 2. The number of carbonyl (C=O) groups excluding carboxylic acids is 2. The molecular weight excluding hydrogens is 364 g/mol. The lowest BCUT2D eigenvalue weighted by atomic mass is 9.97. The van der Waals surface area contributed by atoms with E-state index in [0.717, 1.165) is 22.1 Å². The molecule has 1 N–H and O–H groups in total. The molecule has 0 unspecified atom stereocenters. The van der Waals surface area contributed by atoms with Gasteiger partial charge in [-0.3, -0.25) is 9.59 Å². The van der Waals surface area contributed by atoms with Crippen molar-refractivity contribution in [2.24, 2.45) is 0 Å². The van der Waals surface area contributed by atoms with Crippen molar-refractivity contribution < 1.29 is 19.1 Å². The molecule has 140 valence electrons. The van der Waals surface area contributed by atoms with Gasteiger partial charge in [0.25, 0.3) is 0 Å². The molecule has 0 saturated carbocycles. The predicted molar refractivity (Wildman–Crippen MR) is 105 cm³/mol. The smallest absolute Gasteiger partial charge is 0.311 e. The highest BCUT2D eigenvalue weighted by Gasteiger charge is 2.18. The molecule has 27 heavy (non-hydrogen) atoms. The first-order valence-corrected chi connectivity index (χ1v) is 9.28. The van der Waals surface area contributed by atoms with Gasteiger partial charge < -0.3 is 14.8 Å². The highest BCUT2D eigenvalue weighted by Crippen LogP contribution is 2.26. The number of nitrogens with zero attached hydrogens (tertiary/aromatic N) is 1. The first kappa shape index (κ1) is 18.8. The zero-order valence-corrected chi connectivity index (χ0v) is 16.1. The summed E-state index contributed by atoms with van der Waals surface area (Å²) in [7, 11) is 2.97. The average Bonchev–Trinajstić information content (AvgIpc) is 3.12. The van der Waals surface area contributed by atoms with Gasteiger partial charge in [0.05, 0.1) is 32.3 Å². The number of aromatic nitrogens is 1. The lowest BCUT2D eigenvalue weighted by Gasteiger charge is -2.12. The maximum absolute atomic E-state index is 12.6. The number of methoxy groups -OCH3 is 2. The molecule has 0 aliphatic carbocycles. The molecule has 1 amide bonds. The van der Waals surface area contributed by atoms with Gasteiger partial charge >= 0.3 is 5.97 Å². The number of rotatable bonds is 6. The van der Waals surface area contributed by atoms with Gasteiger partial charge in [-0.2, -0.15) is 0 Å². The summed E-state index contributed by atoms with van der Waals surface area (Å²) in [5, 5.41) is 7.12. The normalized spacial score (nSPS) is 11.8. The summed E-state index contributed by atoms with van der Waals surface area (Å²) in [5.41, 5.74) is 1.49. The second-order valence-corrected chi connectivity index (χ2v) is 6.94. The predicted octanol–water partition coefficient (Wildman–Crippen LogP) is 3.76. The number of esters is 1. The van der Waals surface area contributed by atoms with Crippen molar-refractivity contribution in [1.29, 1.82) is 0 Å². The van der Waals surface area contributed by atoms with E-state index in [0.29, 0.717) is 10.8 Å². The van der Waals surface area contributed by atoms with Crippen LogP contribution < -0.4 is 10.1 Å². The average molecular weight is 384 g/mol. The number of carbonyl (C=O) groups is 2. The van der Waals surface area contributed by atoms with Crippen LogP contribution in [0.5, 0.6) is 5.75 Å². The number of nitrogens with one attached hydrogen (secondary N) is 1. The van der Waals surface area contributed by atoms with Gasteiger partial charge in [0.2, 0.25) is 5.91 Å². The zero-order valence-electron chi connectivity index (χ0n) is 15.3. The third-order valence-corrected chi connectivity index (χ3v) is 5.11. The largest absolute Gasteiger partial charge is 0.497 e. The van der Waals surface area contributed by atoms with Crippen LogP contribution in [0.15, 0.2) is 41.8 Å². The third kappa shape index (κ3) is 4.43. The molecule has 6 nitrogen and oxygen atoms in total. The van der Waals surface area contributed by atoms with Crippen LogP contribution in [0.25, 0.3) is 10.8 Å². The Kier molecular flexibility index (Phi) is 5.71. The monoisotopic (exact) mass is 384 g/mol. The summed E-state index contributed by atoms with van der Waals surface area (Å²) >= 11 is 1.28. The Hall–Kier alpha value is -2.93. The van der Waals surface area contributed by atoms with E-state index in [2.05, 4.69) is 15.0 Å². The Morgan fingerprint density at radius 1 is 1.15 bits per heavy atom. The molecule has 0 aliphatic heterocycles. The first-order chi connectivity index (χ1) is 13.0. The lowest BCUT2D eigenvalue weighted by Crippen LogP contribution is -2.18. The number of hydrogen-bond acceptors (Lipinski definition) is 6. The maximum atomic E-state index is 12.6. The Balaban J connectivity index is 1.71. The van der Waals surface area contributed by atoms with Crippen LogP contribution in [0.1, 0.15) is 24.1 Å². The van der Waals surface area contributed by atoms with E-state index in [4.69, 9.17) is 4.74 Å². The van der Waals surface area contributed by atoms with Crippen molar-refractivity contribution in [2.75, 3.05) is 19.5 Å². The summed E-state index contributed by atoms with van der Waals surface area (Å²) in [6.45, 7) is 1.85. The minimum Gasteiger partial charge on any atom is -0.497 e. The molecule has 0 saturated heterocycles. The van der Waals surface area contributed by atoms with E-state index in [-0.39, 0.29) is 24.2 Å². The van der Waals surface area contributed by atoms with Crippen LogP contribution in [0, 0.1) is 0 Å². The van der Waals surface area contributed by atoms with E-state index < -0.39 is 0 Å².